The first-order valence-electron chi connectivity index (χ1n) is 20.9. The molecule has 2 heteroatoms. The second kappa shape index (κ2) is 13.6. The van der Waals surface area contributed by atoms with E-state index in [4.69, 9.17) is 0 Å². The maximum Gasteiger partial charge on any atom is 0.0989 e. The lowest BCUT2D eigenvalue weighted by Gasteiger charge is -2.34. The second-order valence-electron chi connectivity index (χ2n) is 17.4. The lowest BCUT2D eigenvalue weighted by molar-refractivity contribution is 0.671. The number of hydrogen-bond acceptors (Lipinski definition) is 2. The standard InChI is InChI=1S/C45H62N2/c1-2-14-32(13-1)38-27-40(34-17-5-6-18-34)44(41(28-38)35-19-7-8-20-35)46-25-26-47(31-46)45-42(36-21-9-10-22-36)29-39(33-15-3-4-16-33)30-43(45)37-23-11-12-24-37/h25-30,32-37H,1-24,31H2. The van der Waals surface area contributed by atoms with Crippen LogP contribution in [0.5, 0.6) is 0 Å². The summed E-state index contributed by atoms with van der Waals surface area (Å²) in [6.45, 7) is 1.00. The number of hydrogen-bond donors (Lipinski definition) is 0. The maximum atomic E-state index is 2.77. The summed E-state index contributed by atoms with van der Waals surface area (Å²) in [5.74, 6) is 4.61. The molecule has 0 radical (unpaired) electrons. The van der Waals surface area contributed by atoms with Crippen molar-refractivity contribution < 1.29 is 0 Å². The van der Waals surface area contributed by atoms with Gasteiger partial charge in [0.2, 0.25) is 0 Å². The van der Waals surface area contributed by atoms with Gasteiger partial charge in [-0.1, -0.05) is 101 Å². The highest BCUT2D eigenvalue weighted by Gasteiger charge is 2.35. The molecular weight excluding hydrogens is 569 g/mol. The van der Waals surface area contributed by atoms with Crippen molar-refractivity contribution in [2.75, 3.05) is 16.5 Å². The zero-order chi connectivity index (χ0) is 31.2. The minimum absolute atomic E-state index is 0.753. The van der Waals surface area contributed by atoms with Crippen LogP contribution in [0, 0.1) is 0 Å². The van der Waals surface area contributed by atoms with Crippen molar-refractivity contribution in [2.45, 2.75) is 190 Å². The van der Waals surface area contributed by atoms with E-state index in [9.17, 15) is 0 Å². The molecule has 1 aliphatic heterocycles. The van der Waals surface area contributed by atoms with E-state index in [1.807, 2.05) is 0 Å². The summed E-state index contributed by atoms with van der Waals surface area (Å²) in [6, 6.07) is 11.1. The normalized spacial score (nSPS) is 25.6. The predicted molar refractivity (Wildman–Crippen MR) is 199 cm³/mol. The molecule has 6 saturated carbocycles. The number of anilines is 2. The Hall–Kier alpha value is -2.22. The minimum Gasteiger partial charge on any atom is -0.327 e. The smallest absolute Gasteiger partial charge is 0.0989 e. The summed E-state index contributed by atoms with van der Waals surface area (Å²) < 4.78 is 0. The Morgan fingerprint density at radius 1 is 0.319 bits per heavy atom. The number of nitrogens with zero attached hydrogens (tertiary/aromatic N) is 2. The highest BCUT2D eigenvalue weighted by atomic mass is 15.3. The van der Waals surface area contributed by atoms with Crippen molar-refractivity contribution in [3.63, 3.8) is 0 Å². The topological polar surface area (TPSA) is 6.48 Å². The van der Waals surface area contributed by atoms with Crippen LogP contribution in [0.3, 0.4) is 0 Å². The molecule has 9 rings (SSSR count). The Labute approximate surface area is 286 Å². The summed E-state index contributed by atoms with van der Waals surface area (Å²) in [4.78, 5) is 5.53. The van der Waals surface area contributed by atoms with E-state index in [1.54, 1.807) is 44.8 Å². The van der Waals surface area contributed by atoms with Gasteiger partial charge in [-0.2, -0.15) is 0 Å². The third-order valence-electron chi connectivity index (χ3n) is 14.5. The van der Waals surface area contributed by atoms with E-state index < -0.39 is 0 Å². The quantitative estimate of drug-likeness (QED) is 0.286. The van der Waals surface area contributed by atoms with Crippen LogP contribution in [0.15, 0.2) is 36.7 Å². The van der Waals surface area contributed by atoms with Gasteiger partial charge in [-0.25, -0.2) is 0 Å². The van der Waals surface area contributed by atoms with Crippen molar-refractivity contribution in [1.29, 1.82) is 0 Å². The lowest BCUT2D eigenvalue weighted by atomic mass is 9.82. The van der Waals surface area contributed by atoms with E-state index in [0.29, 0.717) is 0 Å². The predicted octanol–water partition coefficient (Wildman–Crippen LogP) is 13.4. The zero-order valence-electron chi connectivity index (χ0n) is 29.5. The van der Waals surface area contributed by atoms with Crippen molar-refractivity contribution in [2.24, 2.45) is 0 Å². The molecule has 0 amide bonds. The van der Waals surface area contributed by atoms with Crippen LogP contribution in [0.2, 0.25) is 0 Å². The summed E-state index contributed by atoms with van der Waals surface area (Å²) in [7, 11) is 0. The molecule has 0 saturated heterocycles. The molecule has 0 spiro atoms. The van der Waals surface area contributed by atoms with Crippen molar-refractivity contribution in [3.05, 3.63) is 70.0 Å². The molecule has 2 nitrogen and oxygen atoms in total. The number of benzene rings is 2. The highest BCUT2D eigenvalue weighted by Crippen LogP contribution is 2.52. The SMILES string of the molecule is C1=CN(c2c(C3CCCC3)cc(C3CCCC3)cc2C2CCCC2)CN1c1c(C2CCCC2)cc(C2CCCC2)cc1C1CCCC1. The fraction of sp³-hybridized carbons (Fsp3) is 0.689. The Morgan fingerprint density at radius 2 is 0.553 bits per heavy atom. The first kappa shape index (κ1) is 30.8. The lowest BCUT2D eigenvalue weighted by Crippen LogP contribution is -2.29. The fourth-order valence-corrected chi connectivity index (χ4v) is 12.0. The van der Waals surface area contributed by atoms with Gasteiger partial charge in [0.1, 0.15) is 0 Å². The molecule has 2 aromatic carbocycles. The summed E-state index contributed by atoms with van der Waals surface area (Å²) in [5.41, 5.74) is 13.7. The first-order chi connectivity index (χ1) is 23.3. The summed E-state index contributed by atoms with van der Waals surface area (Å²) in [5, 5.41) is 0. The zero-order valence-corrected chi connectivity index (χ0v) is 29.5. The second-order valence-corrected chi connectivity index (χ2v) is 17.4. The van der Waals surface area contributed by atoms with E-state index in [0.717, 1.165) is 42.2 Å². The first-order valence-corrected chi connectivity index (χ1v) is 20.9. The van der Waals surface area contributed by atoms with Crippen LogP contribution in [-0.4, -0.2) is 6.67 Å². The molecule has 2 aromatic rings. The Balaban J connectivity index is 1.13. The summed E-state index contributed by atoms with van der Waals surface area (Å²) in [6.07, 6.45) is 38.9. The van der Waals surface area contributed by atoms with Gasteiger partial charge in [0.15, 0.2) is 0 Å². The average Bonchev–Trinajstić information content (AvgIpc) is 3.98. The van der Waals surface area contributed by atoms with E-state index >= 15 is 0 Å². The van der Waals surface area contributed by atoms with Gasteiger partial charge in [-0.15, -0.1) is 0 Å². The molecule has 0 atom stereocenters. The van der Waals surface area contributed by atoms with Gasteiger partial charge in [0.05, 0.1) is 6.67 Å². The van der Waals surface area contributed by atoms with Gasteiger partial charge in [0, 0.05) is 23.8 Å². The van der Waals surface area contributed by atoms with Crippen LogP contribution < -0.4 is 9.80 Å². The molecular formula is C45H62N2. The van der Waals surface area contributed by atoms with Crippen LogP contribution in [-0.2, 0) is 0 Å². The molecule has 252 valence electrons. The third kappa shape index (κ3) is 6.01. The molecule has 6 fully saturated rings. The van der Waals surface area contributed by atoms with Gasteiger partial charge in [-0.05, 0) is 146 Å². The van der Waals surface area contributed by atoms with Gasteiger partial charge < -0.3 is 9.80 Å². The molecule has 1 heterocycles. The molecule has 0 N–H and O–H groups in total. The largest absolute Gasteiger partial charge is 0.327 e. The monoisotopic (exact) mass is 630 g/mol. The fourth-order valence-electron chi connectivity index (χ4n) is 12.0. The maximum absolute atomic E-state index is 2.77. The van der Waals surface area contributed by atoms with E-state index in [1.165, 1.54) is 154 Å². The Morgan fingerprint density at radius 3 is 0.809 bits per heavy atom. The molecule has 47 heavy (non-hydrogen) atoms. The van der Waals surface area contributed by atoms with Gasteiger partial charge in [-0.3, -0.25) is 0 Å². The van der Waals surface area contributed by atoms with Crippen molar-refractivity contribution in [3.8, 4) is 0 Å². The van der Waals surface area contributed by atoms with E-state index in [-0.39, 0.29) is 0 Å². The highest BCUT2D eigenvalue weighted by molar-refractivity contribution is 5.72. The summed E-state index contributed by atoms with van der Waals surface area (Å²) >= 11 is 0. The molecule has 0 bridgehead atoms. The van der Waals surface area contributed by atoms with Crippen LogP contribution in [0.25, 0.3) is 0 Å². The molecule has 7 aliphatic rings. The Kier molecular flexibility index (Phi) is 8.91. The van der Waals surface area contributed by atoms with Crippen LogP contribution in [0.4, 0.5) is 11.4 Å². The molecule has 0 unspecified atom stereocenters. The van der Waals surface area contributed by atoms with Crippen molar-refractivity contribution in [1.82, 2.24) is 0 Å². The minimum atomic E-state index is 0.753. The molecule has 6 aliphatic carbocycles. The third-order valence-corrected chi connectivity index (χ3v) is 14.5. The van der Waals surface area contributed by atoms with Crippen LogP contribution >= 0.6 is 0 Å². The van der Waals surface area contributed by atoms with Gasteiger partial charge >= 0.3 is 0 Å². The average molecular weight is 631 g/mol. The van der Waals surface area contributed by atoms with Gasteiger partial charge in [0.25, 0.3) is 0 Å². The molecule has 0 aromatic heterocycles. The van der Waals surface area contributed by atoms with E-state index in [2.05, 4.69) is 46.5 Å². The van der Waals surface area contributed by atoms with Crippen LogP contribution in [0.1, 0.15) is 223 Å². The Bertz CT molecular complexity index is 1230. The number of rotatable bonds is 8. The van der Waals surface area contributed by atoms with Crippen molar-refractivity contribution >= 4 is 11.4 Å².